The van der Waals surface area contributed by atoms with E-state index < -0.39 is 6.04 Å². The predicted octanol–water partition coefficient (Wildman–Crippen LogP) is 5.11. The highest BCUT2D eigenvalue weighted by molar-refractivity contribution is 5.90. The molecule has 0 aliphatic heterocycles. The smallest absolute Gasteiger partial charge is 0.261 e. The Morgan fingerprint density at radius 3 is 2.39 bits per heavy atom. The summed E-state index contributed by atoms with van der Waals surface area (Å²) < 4.78 is 5.98. The van der Waals surface area contributed by atoms with Crippen molar-refractivity contribution in [3.63, 3.8) is 0 Å². The Hall–Kier alpha value is -3.34. The lowest BCUT2D eigenvalue weighted by Crippen LogP contribution is -2.50. The van der Waals surface area contributed by atoms with Gasteiger partial charge in [-0.2, -0.15) is 0 Å². The van der Waals surface area contributed by atoms with Crippen molar-refractivity contribution in [2.24, 2.45) is 5.92 Å². The van der Waals surface area contributed by atoms with E-state index in [-0.39, 0.29) is 18.4 Å². The summed E-state index contributed by atoms with van der Waals surface area (Å²) in [6, 6.07) is 21.1. The van der Waals surface area contributed by atoms with Gasteiger partial charge in [0.25, 0.3) is 5.91 Å². The third-order valence-corrected chi connectivity index (χ3v) is 5.77. The Morgan fingerprint density at radius 2 is 1.67 bits per heavy atom. The molecule has 5 heteroatoms. The number of hydrogen-bond acceptors (Lipinski definition) is 3. The third-order valence-electron chi connectivity index (χ3n) is 5.77. The van der Waals surface area contributed by atoms with Crippen molar-refractivity contribution in [1.29, 1.82) is 0 Å². The van der Waals surface area contributed by atoms with Gasteiger partial charge in [-0.25, -0.2) is 0 Å². The number of nitrogens with zero attached hydrogens (tertiary/aromatic N) is 1. The molecule has 1 atom stereocenters. The summed E-state index contributed by atoms with van der Waals surface area (Å²) in [7, 11) is 0. The maximum Gasteiger partial charge on any atom is 0.261 e. The van der Waals surface area contributed by atoms with E-state index in [9.17, 15) is 9.59 Å². The minimum absolute atomic E-state index is 0.127. The van der Waals surface area contributed by atoms with Crippen molar-refractivity contribution in [3.8, 4) is 5.75 Å². The van der Waals surface area contributed by atoms with Crippen LogP contribution in [0.3, 0.4) is 0 Å². The fourth-order valence-corrected chi connectivity index (χ4v) is 3.86. The number of carbonyl (C=O) groups is 2. The number of hydrogen-bond donors (Lipinski definition) is 1. The van der Waals surface area contributed by atoms with Gasteiger partial charge in [-0.05, 0) is 41.8 Å². The van der Waals surface area contributed by atoms with E-state index in [4.69, 9.17) is 4.74 Å². The quantitative estimate of drug-likeness (QED) is 0.471. The van der Waals surface area contributed by atoms with Crippen LogP contribution in [-0.2, 0) is 16.1 Å². The zero-order valence-corrected chi connectivity index (χ0v) is 20.0. The van der Waals surface area contributed by atoms with Crippen molar-refractivity contribution in [2.45, 2.75) is 46.7 Å². The molecule has 174 valence electrons. The molecule has 0 fully saturated rings. The third kappa shape index (κ3) is 6.35. The topological polar surface area (TPSA) is 58.6 Å². The first-order valence-electron chi connectivity index (χ1n) is 11.6. The lowest BCUT2D eigenvalue weighted by molar-refractivity contribution is -0.143. The van der Waals surface area contributed by atoms with Crippen molar-refractivity contribution in [2.75, 3.05) is 13.2 Å². The number of rotatable bonds is 10. The van der Waals surface area contributed by atoms with Crippen molar-refractivity contribution < 1.29 is 14.3 Å². The summed E-state index contributed by atoms with van der Waals surface area (Å²) in [5, 5.41) is 5.01. The Labute approximate surface area is 196 Å². The molecule has 33 heavy (non-hydrogen) atoms. The zero-order chi connectivity index (χ0) is 23.8. The van der Waals surface area contributed by atoms with E-state index in [1.807, 2.05) is 80.6 Å². The summed E-state index contributed by atoms with van der Waals surface area (Å²) >= 11 is 0. The van der Waals surface area contributed by atoms with Gasteiger partial charge >= 0.3 is 0 Å². The molecule has 0 aliphatic carbocycles. The maximum absolute atomic E-state index is 13.4. The summed E-state index contributed by atoms with van der Waals surface area (Å²) in [6.07, 6.45) is 0.524. The van der Waals surface area contributed by atoms with E-state index in [2.05, 4.69) is 19.2 Å². The highest BCUT2D eigenvalue weighted by Gasteiger charge is 2.29. The molecule has 2 amide bonds. The summed E-state index contributed by atoms with van der Waals surface area (Å²) in [6.45, 7) is 8.86. The van der Waals surface area contributed by atoms with Crippen LogP contribution in [-0.4, -0.2) is 35.9 Å². The first-order valence-corrected chi connectivity index (χ1v) is 11.6. The number of aryl methyl sites for hydroxylation is 1. The Morgan fingerprint density at radius 1 is 0.970 bits per heavy atom. The van der Waals surface area contributed by atoms with E-state index in [1.54, 1.807) is 4.90 Å². The SMILES string of the molecule is CC[C@H](C(=O)NCC(C)C)N(Cc1ccccc1C)C(=O)COc1cccc2ccccc12. The molecule has 0 saturated carbocycles. The molecule has 3 rings (SSSR count). The zero-order valence-electron chi connectivity index (χ0n) is 20.0. The second-order valence-electron chi connectivity index (χ2n) is 8.78. The summed E-state index contributed by atoms with van der Waals surface area (Å²) in [4.78, 5) is 28.1. The van der Waals surface area contributed by atoms with Gasteiger partial charge in [0, 0.05) is 18.5 Å². The molecule has 3 aromatic carbocycles. The molecule has 0 bridgehead atoms. The average molecular weight is 447 g/mol. The van der Waals surface area contributed by atoms with Crippen LogP contribution < -0.4 is 10.1 Å². The number of nitrogens with one attached hydrogen (secondary N) is 1. The van der Waals surface area contributed by atoms with Crippen molar-refractivity contribution >= 4 is 22.6 Å². The second kappa shape index (κ2) is 11.5. The second-order valence-corrected chi connectivity index (χ2v) is 8.78. The number of fused-ring (bicyclic) bond motifs is 1. The Bertz CT molecular complexity index is 1090. The summed E-state index contributed by atoms with van der Waals surface area (Å²) in [5.74, 6) is 0.660. The molecule has 3 aromatic rings. The normalized spacial score (nSPS) is 11.9. The molecular formula is C28H34N2O3. The van der Waals surface area contributed by atoms with Gasteiger partial charge in [-0.3, -0.25) is 9.59 Å². The molecule has 0 spiro atoms. The van der Waals surface area contributed by atoms with Gasteiger partial charge in [0.2, 0.25) is 5.91 Å². The minimum atomic E-state index is -0.563. The molecule has 1 N–H and O–H groups in total. The average Bonchev–Trinajstić information content (AvgIpc) is 2.82. The monoisotopic (exact) mass is 446 g/mol. The van der Waals surface area contributed by atoms with Gasteiger partial charge in [-0.1, -0.05) is 81.4 Å². The molecule has 0 heterocycles. The Balaban J connectivity index is 1.83. The van der Waals surface area contributed by atoms with Crippen LogP contribution in [0.1, 0.15) is 38.3 Å². The molecule has 0 aliphatic rings. The van der Waals surface area contributed by atoms with E-state index >= 15 is 0 Å². The number of amides is 2. The van der Waals surface area contributed by atoms with Crippen molar-refractivity contribution in [1.82, 2.24) is 10.2 Å². The molecular weight excluding hydrogens is 412 g/mol. The van der Waals surface area contributed by atoms with Crippen LogP contribution in [0, 0.1) is 12.8 Å². The van der Waals surface area contributed by atoms with E-state index in [0.717, 1.165) is 21.9 Å². The van der Waals surface area contributed by atoms with Crippen LogP contribution in [0.4, 0.5) is 0 Å². The van der Waals surface area contributed by atoms with Crippen LogP contribution >= 0.6 is 0 Å². The first-order chi connectivity index (χ1) is 15.9. The van der Waals surface area contributed by atoms with Gasteiger partial charge in [0.1, 0.15) is 11.8 Å². The minimum Gasteiger partial charge on any atom is -0.483 e. The predicted molar refractivity (Wildman–Crippen MR) is 133 cm³/mol. The largest absolute Gasteiger partial charge is 0.483 e. The molecule has 0 aromatic heterocycles. The van der Waals surface area contributed by atoms with Gasteiger partial charge in [0.05, 0.1) is 0 Å². The number of ether oxygens (including phenoxy) is 1. The molecule has 0 radical (unpaired) electrons. The maximum atomic E-state index is 13.4. The standard InChI is InChI=1S/C28H34N2O3/c1-5-25(28(32)29-17-20(2)3)30(18-23-13-7-6-11-21(23)4)27(31)19-33-26-16-10-14-22-12-8-9-15-24(22)26/h6-16,20,25H,5,17-19H2,1-4H3,(H,29,32)/t25-/m1/s1. The van der Waals surface area contributed by atoms with Crippen LogP contribution in [0.25, 0.3) is 10.8 Å². The van der Waals surface area contributed by atoms with Gasteiger partial charge in [0.15, 0.2) is 6.61 Å². The number of carbonyl (C=O) groups excluding carboxylic acids is 2. The molecule has 0 saturated heterocycles. The van der Waals surface area contributed by atoms with Crippen LogP contribution in [0.5, 0.6) is 5.75 Å². The van der Waals surface area contributed by atoms with Gasteiger partial charge in [-0.15, -0.1) is 0 Å². The van der Waals surface area contributed by atoms with Gasteiger partial charge < -0.3 is 15.0 Å². The van der Waals surface area contributed by atoms with Crippen LogP contribution in [0.15, 0.2) is 66.7 Å². The molecule has 5 nitrogen and oxygen atoms in total. The van der Waals surface area contributed by atoms with E-state index in [0.29, 0.717) is 31.2 Å². The highest BCUT2D eigenvalue weighted by atomic mass is 16.5. The lowest BCUT2D eigenvalue weighted by atomic mass is 10.1. The number of benzene rings is 3. The first kappa shape index (κ1) is 24.3. The van der Waals surface area contributed by atoms with E-state index in [1.165, 1.54) is 0 Å². The summed E-state index contributed by atoms with van der Waals surface area (Å²) in [5.41, 5.74) is 2.11. The van der Waals surface area contributed by atoms with Crippen LogP contribution in [0.2, 0.25) is 0 Å². The fraction of sp³-hybridized carbons (Fsp3) is 0.357. The van der Waals surface area contributed by atoms with Crippen molar-refractivity contribution in [3.05, 3.63) is 77.9 Å². The highest BCUT2D eigenvalue weighted by Crippen LogP contribution is 2.25. The molecule has 0 unspecified atom stereocenters. The fourth-order valence-electron chi connectivity index (χ4n) is 3.86. The lowest BCUT2D eigenvalue weighted by Gasteiger charge is -2.31. The Kier molecular flexibility index (Phi) is 8.47.